The summed E-state index contributed by atoms with van der Waals surface area (Å²) in [6.07, 6.45) is 44.4. The van der Waals surface area contributed by atoms with Crippen LogP contribution in [0.3, 0.4) is 0 Å². The van der Waals surface area contributed by atoms with E-state index < -0.39 is 0 Å². The number of carbonyl (C=O) groups excluding carboxylic acids is 2. The fourth-order valence-corrected chi connectivity index (χ4v) is 4.44. The van der Waals surface area contributed by atoms with Gasteiger partial charge in [0.15, 0.2) is 0 Å². The first kappa shape index (κ1) is 37.1. The lowest BCUT2D eigenvalue weighted by Gasteiger charge is -2.04. The van der Waals surface area contributed by atoms with Crippen LogP contribution in [0, 0.1) is 0 Å². The third-order valence-electron chi connectivity index (χ3n) is 6.92. The van der Waals surface area contributed by atoms with E-state index in [0.29, 0.717) is 12.8 Å². The van der Waals surface area contributed by atoms with E-state index in [1.807, 2.05) is 0 Å². The van der Waals surface area contributed by atoms with Crippen molar-refractivity contribution in [3.8, 4) is 0 Å². The van der Waals surface area contributed by atoms with Gasteiger partial charge in [-0.25, -0.2) is 0 Å². The van der Waals surface area contributed by atoms with Gasteiger partial charge in [-0.05, 0) is 51.4 Å². The molecule has 3 nitrogen and oxygen atoms in total. The average molecular weight is 543 g/mol. The highest BCUT2D eigenvalue weighted by molar-refractivity contribution is 5.85. The number of carbonyl (C=O) groups is 2. The summed E-state index contributed by atoms with van der Waals surface area (Å²) in [5, 5.41) is 0. The summed E-state index contributed by atoms with van der Waals surface area (Å²) >= 11 is 0. The maximum atomic E-state index is 11.9. The maximum absolute atomic E-state index is 11.9. The second-order valence-electron chi connectivity index (χ2n) is 10.8. The molecule has 0 aromatic carbocycles. The predicted octanol–water partition coefficient (Wildman–Crippen LogP) is 11.7. The fourth-order valence-electron chi connectivity index (χ4n) is 4.44. The normalized spacial score (nSPS) is 12.1. The van der Waals surface area contributed by atoms with Crippen molar-refractivity contribution < 1.29 is 14.3 Å². The van der Waals surface area contributed by atoms with Crippen molar-refractivity contribution >= 4 is 11.9 Å². The summed E-state index contributed by atoms with van der Waals surface area (Å²) in [6.45, 7) is 4.50. The van der Waals surface area contributed by atoms with Gasteiger partial charge in [0.2, 0.25) is 0 Å². The van der Waals surface area contributed by atoms with Crippen molar-refractivity contribution in [1.82, 2.24) is 0 Å². The summed E-state index contributed by atoms with van der Waals surface area (Å²) in [4.78, 5) is 23.7. The summed E-state index contributed by atoms with van der Waals surface area (Å²) in [5.41, 5.74) is 0. The third-order valence-corrected chi connectivity index (χ3v) is 6.92. The average Bonchev–Trinajstić information content (AvgIpc) is 2.93. The second kappa shape index (κ2) is 32.3. The van der Waals surface area contributed by atoms with E-state index in [9.17, 15) is 9.59 Å². The first-order valence-corrected chi connectivity index (χ1v) is 16.5. The molecule has 0 fully saturated rings. The Kier molecular flexibility index (Phi) is 30.7. The van der Waals surface area contributed by atoms with Crippen molar-refractivity contribution in [3.63, 3.8) is 0 Å². The van der Waals surface area contributed by atoms with Gasteiger partial charge in [0, 0.05) is 12.8 Å². The Labute approximate surface area is 242 Å². The largest absolute Gasteiger partial charge is 0.393 e. The molecule has 0 saturated heterocycles. The van der Waals surface area contributed by atoms with Crippen LogP contribution < -0.4 is 0 Å². The van der Waals surface area contributed by atoms with E-state index in [-0.39, 0.29) is 11.9 Å². The van der Waals surface area contributed by atoms with E-state index >= 15 is 0 Å². The van der Waals surface area contributed by atoms with Crippen molar-refractivity contribution in [2.45, 2.75) is 168 Å². The number of allylic oxidation sites excluding steroid dienone is 8. The van der Waals surface area contributed by atoms with Gasteiger partial charge in [-0.2, -0.15) is 0 Å². The van der Waals surface area contributed by atoms with Crippen LogP contribution in [0.15, 0.2) is 48.6 Å². The standard InChI is InChI=1S/C36H62O3/c1-3-5-7-9-11-13-15-17-18-19-20-22-24-26-28-30-32-34-36(38)39-35(37)33-31-29-27-25-23-21-16-14-12-10-8-6-4-2/h11,13,17-18,20,22,26,28H,3-10,12,14-16,19,21,23-25,27,29-34H2,1-2H3. The van der Waals surface area contributed by atoms with Gasteiger partial charge < -0.3 is 4.74 Å². The van der Waals surface area contributed by atoms with Gasteiger partial charge >= 0.3 is 11.9 Å². The minimum Gasteiger partial charge on any atom is -0.393 e. The van der Waals surface area contributed by atoms with Crippen LogP contribution in [0.2, 0.25) is 0 Å². The minimum atomic E-state index is -0.384. The molecule has 0 spiro atoms. The molecular formula is C36H62O3. The zero-order chi connectivity index (χ0) is 28.5. The quantitative estimate of drug-likeness (QED) is 0.0427. The Morgan fingerprint density at radius 1 is 0.410 bits per heavy atom. The summed E-state index contributed by atoms with van der Waals surface area (Å²) in [7, 11) is 0. The maximum Gasteiger partial charge on any atom is 0.313 e. The minimum absolute atomic E-state index is 0.308. The van der Waals surface area contributed by atoms with Crippen molar-refractivity contribution in [1.29, 1.82) is 0 Å². The van der Waals surface area contributed by atoms with Gasteiger partial charge in [-0.1, -0.05) is 152 Å². The first-order chi connectivity index (χ1) is 19.2. The lowest BCUT2D eigenvalue weighted by Crippen LogP contribution is -2.11. The molecule has 0 saturated carbocycles. The van der Waals surface area contributed by atoms with E-state index in [1.54, 1.807) is 0 Å². The van der Waals surface area contributed by atoms with Crippen molar-refractivity contribution in [2.75, 3.05) is 0 Å². The topological polar surface area (TPSA) is 43.4 Å². The van der Waals surface area contributed by atoms with Crippen LogP contribution in [-0.2, 0) is 14.3 Å². The third kappa shape index (κ3) is 32.2. The lowest BCUT2D eigenvalue weighted by atomic mass is 10.0. The molecule has 0 atom stereocenters. The Morgan fingerprint density at radius 2 is 0.744 bits per heavy atom. The van der Waals surface area contributed by atoms with E-state index in [0.717, 1.165) is 44.9 Å². The molecule has 0 heterocycles. The number of esters is 2. The SMILES string of the molecule is CCCCCC=CCC=CCC=CCC=CCCCC(=O)OC(=O)CCCCCCCCCCCCCCC. The fraction of sp³-hybridized carbons (Fsp3) is 0.722. The monoisotopic (exact) mass is 542 g/mol. The lowest BCUT2D eigenvalue weighted by molar-refractivity contribution is -0.159. The van der Waals surface area contributed by atoms with Gasteiger partial charge in [-0.3, -0.25) is 9.59 Å². The molecule has 0 aliphatic carbocycles. The van der Waals surface area contributed by atoms with Crippen LogP contribution in [-0.4, -0.2) is 11.9 Å². The predicted molar refractivity (Wildman–Crippen MR) is 170 cm³/mol. The number of ether oxygens (including phenoxy) is 1. The summed E-state index contributed by atoms with van der Waals surface area (Å²) in [6, 6.07) is 0. The zero-order valence-electron chi connectivity index (χ0n) is 25.8. The Balaban J connectivity index is 3.49. The highest BCUT2D eigenvalue weighted by atomic mass is 16.6. The molecule has 0 aliphatic rings. The smallest absolute Gasteiger partial charge is 0.313 e. The number of hydrogen-bond donors (Lipinski definition) is 0. The Morgan fingerprint density at radius 3 is 1.21 bits per heavy atom. The van der Waals surface area contributed by atoms with Crippen LogP contribution in [0.4, 0.5) is 0 Å². The zero-order valence-corrected chi connectivity index (χ0v) is 25.8. The Hall–Kier alpha value is -1.90. The highest BCUT2D eigenvalue weighted by Crippen LogP contribution is 2.13. The van der Waals surface area contributed by atoms with Gasteiger partial charge in [-0.15, -0.1) is 0 Å². The first-order valence-electron chi connectivity index (χ1n) is 16.5. The van der Waals surface area contributed by atoms with Crippen LogP contribution in [0.1, 0.15) is 168 Å². The number of rotatable bonds is 28. The molecule has 0 N–H and O–H groups in total. The summed E-state index contributed by atoms with van der Waals surface area (Å²) in [5.74, 6) is -0.744. The molecule has 0 aromatic rings. The molecule has 39 heavy (non-hydrogen) atoms. The van der Waals surface area contributed by atoms with E-state index in [2.05, 4.69) is 62.5 Å². The molecule has 0 aliphatic heterocycles. The number of hydrogen-bond acceptors (Lipinski definition) is 3. The van der Waals surface area contributed by atoms with Crippen LogP contribution >= 0.6 is 0 Å². The molecule has 0 amide bonds. The molecule has 0 radical (unpaired) electrons. The van der Waals surface area contributed by atoms with Crippen molar-refractivity contribution in [2.24, 2.45) is 0 Å². The Bertz CT molecular complexity index is 656. The van der Waals surface area contributed by atoms with Crippen LogP contribution in [0.25, 0.3) is 0 Å². The molecule has 0 unspecified atom stereocenters. The molecule has 3 heteroatoms. The molecular weight excluding hydrogens is 480 g/mol. The summed E-state index contributed by atoms with van der Waals surface area (Å²) < 4.78 is 4.96. The molecule has 0 bridgehead atoms. The highest BCUT2D eigenvalue weighted by Gasteiger charge is 2.09. The van der Waals surface area contributed by atoms with Crippen LogP contribution in [0.5, 0.6) is 0 Å². The van der Waals surface area contributed by atoms with E-state index in [1.165, 1.54) is 96.3 Å². The molecule has 0 aromatic heterocycles. The second-order valence-corrected chi connectivity index (χ2v) is 10.8. The van der Waals surface area contributed by atoms with E-state index in [4.69, 9.17) is 4.74 Å². The van der Waals surface area contributed by atoms with Gasteiger partial charge in [0.25, 0.3) is 0 Å². The van der Waals surface area contributed by atoms with Gasteiger partial charge in [0.05, 0.1) is 0 Å². The van der Waals surface area contributed by atoms with Crippen molar-refractivity contribution in [3.05, 3.63) is 48.6 Å². The van der Waals surface area contributed by atoms with Gasteiger partial charge in [0.1, 0.15) is 0 Å². The molecule has 224 valence electrons. The molecule has 0 rings (SSSR count). The number of unbranched alkanes of at least 4 members (excludes halogenated alkanes) is 16.